The molecule has 0 radical (unpaired) electrons. The van der Waals surface area contributed by atoms with E-state index in [4.69, 9.17) is 4.98 Å². The van der Waals surface area contributed by atoms with Gasteiger partial charge in [0.25, 0.3) is 5.91 Å². The van der Waals surface area contributed by atoms with Crippen LogP contribution in [0.15, 0.2) is 12.3 Å². The van der Waals surface area contributed by atoms with Crippen molar-refractivity contribution in [2.24, 2.45) is 0 Å². The molecule has 1 aliphatic carbocycles. The van der Waals surface area contributed by atoms with E-state index in [0.29, 0.717) is 11.7 Å². The van der Waals surface area contributed by atoms with E-state index < -0.39 is 0 Å². The molecule has 2 aromatic rings. The summed E-state index contributed by atoms with van der Waals surface area (Å²) in [7, 11) is 2.08. The molecule has 3 rings (SSSR count). The Balaban J connectivity index is 1.68. The molecule has 1 saturated carbocycles. The zero-order chi connectivity index (χ0) is 19.4. The van der Waals surface area contributed by atoms with E-state index >= 15 is 0 Å². The molecule has 0 spiro atoms. The molecule has 2 aromatic heterocycles. The zero-order valence-electron chi connectivity index (χ0n) is 16.7. The van der Waals surface area contributed by atoms with Crippen LogP contribution in [0, 0.1) is 6.92 Å². The minimum Gasteiger partial charge on any atom is -0.344 e. The minimum atomic E-state index is -0.193. The summed E-state index contributed by atoms with van der Waals surface area (Å²) >= 11 is 0. The number of rotatable bonds is 6. The molecule has 27 heavy (non-hydrogen) atoms. The van der Waals surface area contributed by atoms with E-state index in [-0.39, 0.29) is 11.9 Å². The van der Waals surface area contributed by atoms with Crippen molar-refractivity contribution in [1.29, 1.82) is 0 Å². The Morgan fingerprint density at radius 1 is 1.37 bits per heavy atom. The highest BCUT2D eigenvalue weighted by Gasteiger charge is 2.22. The van der Waals surface area contributed by atoms with Gasteiger partial charge in [-0.2, -0.15) is 5.10 Å². The lowest BCUT2D eigenvalue weighted by Crippen LogP contribution is -2.35. The van der Waals surface area contributed by atoms with Gasteiger partial charge in [0.2, 0.25) is 5.95 Å². The standard InChI is InChI=1S/C20H30N6O/c1-5-15-11-18(25-24-15)19(27)22-13(2)17-12-21-20(23-14(17)3)26(4)16-9-7-6-8-10-16/h11-13,16H,5-10H2,1-4H3,(H,22,27)(H,24,25)/t13-/m0/s1. The van der Waals surface area contributed by atoms with Crippen LogP contribution in [0.4, 0.5) is 5.95 Å². The summed E-state index contributed by atoms with van der Waals surface area (Å²) in [5.74, 6) is 0.572. The van der Waals surface area contributed by atoms with Crippen LogP contribution in [0.5, 0.6) is 0 Å². The van der Waals surface area contributed by atoms with Crippen molar-refractivity contribution in [2.45, 2.75) is 71.4 Å². The molecule has 1 fully saturated rings. The van der Waals surface area contributed by atoms with Crippen LogP contribution in [0.2, 0.25) is 0 Å². The largest absolute Gasteiger partial charge is 0.344 e. The summed E-state index contributed by atoms with van der Waals surface area (Å²) in [5.41, 5.74) is 3.18. The first-order valence-corrected chi connectivity index (χ1v) is 9.91. The number of hydrogen-bond donors (Lipinski definition) is 2. The van der Waals surface area contributed by atoms with Gasteiger partial charge in [-0.1, -0.05) is 26.2 Å². The maximum atomic E-state index is 12.4. The van der Waals surface area contributed by atoms with Gasteiger partial charge in [0.05, 0.1) is 6.04 Å². The van der Waals surface area contributed by atoms with E-state index in [1.807, 2.05) is 27.0 Å². The summed E-state index contributed by atoms with van der Waals surface area (Å²) < 4.78 is 0. The molecule has 7 nitrogen and oxygen atoms in total. The van der Waals surface area contributed by atoms with E-state index in [1.54, 1.807) is 6.07 Å². The molecule has 7 heteroatoms. The lowest BCUT2D eigenvalue weighted by molar-refractivity contribution is 0.0934. The number of hydrogen-bond acceptors (Lipinski definition) is 5. The van der Waals surface area contributed by atoms with Gasteiger partial charge in [0, 0.05) is 36.2 Å². The van der Waals surface area contributed by atoms with Gasteiger partial charge < -0.3 is 10.2 Å². The predicted molar refractivity (Wildman–Crippen MR) is 106 cm³/mol. The molecular formula is C20H30N6O. The van der Waals surface area contributed by atoms with Crippen molar-refractivity contribution in [2.75, 3.05) is 11.9 Å². The molecule has 0 bridgehead atoms. The van der Waals surface area contributed by atoms with Crippen molar-refractivity contribution in [1.82, 2.24) is 25.5 Å². The highest BCUT2D eigenvalue weighted by atomic mass is 16.2. The van der Waals surface area contributed by atoms with E-state index in [9.17, 15) is 4.79 Å². The highest BCUT2D eigenvalue weighted by Crippen LogP contribution is 2.25. The summed E-state index contributed by atoms with van der Waals surface area (Å²) in [6.45, 7) is 5.94. The van der Waals surface area contributed by atoms with Crippen LogP contribution in [0.1, 0.15) is 79.4 Å². The fourth-order valence-corrected chi connectivity index (χ4v) is 3.70. The number of H-pyrrole nitrogens is 1. The fourth-order valence-electron chi connectivity index (χ4n) is 3.70. The Kier molecular flexibility index (Phi) is 6.08. The van der Waals surface area contributed by atoms with Gasteiger partial charge in [-0.05, 0) is 39.2 Å². The molecule has 2 heterocycles. The van der Waals surface area contributed by atoms with E-state index in [1.165, 1.54) is 32.1 Å². The van der Waals surface area contributed by atoms with Crippen LogP contribution in [-0.4, -0.2) is 39.2 Å². The van der Waals surface area contributed by atoms with Crippen LogP contribution in [-0.2, 0) is 6.42 Å². The summed E-state index contributed by atoms with van der Waals surface area (Å²) in [5, 5.41) is 9.93. The maximum Gasteiger partial charge on any atom is 0.272 e. The Hall–Kier alpha value is -2.44. The van der Waals surface area contributed by atoms with Crippen LogP contribution < -0.4 is 10.2 Å². The monoisotopic (exact) mass is 370 g/mol. The number of anilines is 1. The number of carbonyl (C=O) groups is 1. The number of aromatic amines is 1. The number of carbonyl (C=O) groups excluding carboxylic acids is 1. The number of amides is 1. The van der Waals surface area contributed by atoms with Crippen LogP contribution in [0.3, 0.4) is 0 Å². The van der Waals surface area contributed by atoms with Gasteiger partial charge in [-0.25, -0.2) is 9.97 Å². The topological polar surface area (TPSA) is 86.8 Å². The highest BCUT2D eigenvalue weighted by molar-refractivity contribution is 5.92. The van der Waals surface area contributed by atoms with Gasteiger partial charge in [0.15, 0.2) is 0 Å². The number of aromatic nitrogens is 4. The molecule has 1 amide bonds. The maximum absolute atomic E-state index is 12.4. The molecule has 146 valence electrons. The van der Waals surface area contributed by atoms with Crippen molar-refractivity contribution in [3.05, 3.63) is 34.9 Å². The lowest BCUT2D eigenvalue weighted by Gasteiger charge is -2.31. The Morgan fingerprint density at radius 3 is 2.74 bits per heavy atom. The van der Waals surface area contributed by atoms with Gasteiger partial charge in [0.1, 0.15) is 5.69 Å². The number of nitrogens with zero attached hydrogens (tertiary/aromatic N) is 4. The zero-order valence-corrected chi connectivity index (χ0v) is 16.7. The van der Waals surface area contributed by atoms with Gasteiger partial charge in [-0.15, -0.1) is 0 Å². The molecule has 0 saturated heterocycles. The number of aryl methyl sites for hydroxylation is 2. The second kappa shape index (κ2) is 8.50. The summed E-state index contributed by atoms with van der Waals surface area (Å²) in [4.78, 5) is 23.9. The van der Waals surface area contributed by atoms with Gasteiger partial charge >= 0.3 is 0 Å². The molecular weight excluding hydrogens is 340 g/mol. The Morgan fingerprint density at radius 2 is 2.11 bits per heavy atom. The average molecular weight is 371 g/mol. The fraction of sp³-hybridized carbons (Fsp3) is 0.600. The average Bonchev–Trinajstić information content (AvgIpc) is 3.17. The summed E-state index contributed by atoms with van der Waals surface area (Å²) in [6.07, 6.45) is 8.95. The van der Waals surface area contributed by atoms with Crippen molar-refractivity contribution < 1.29 is 4.79 Å². The van der Waals surface area contributed by atoms with Crippen LogP contribution in [0.25, 0.3) is 0 Å². The molecule has 1 aliphatic rings. The first kappa shape index (κ1) is 19.3. The molecule has 0 unspecified atom stereocenters. The second-order valence-corrected chi connectivity index (χ2v) is 7.44. The Labute approximate surface area is 161 Å². The van der Waals surface area contributed by atoms with E-state index in [0.717, 1.165) is 29.3 Å². The minimum absolute atomic E-state index is 0.187. The van der Waals surface area contributed by atoms with Gasteiger partial charge in [-0.3, -0.25) is 9.89 Å². The molecule has 2 N–H and O–H groups in total. The third-order valence-corrected chi connectivity index (χ3v) is 5.50. The quantitative estimate of drug-likeness (QED) is 0.814. The van der Waals surface area contributed by atoms with Crippen molar-refractivity contribution >= 4 is 11.9 Å². The Bertz CT molecular complexity index is 781. The summed E-state index contributed by atoms with van der Waals surface area (Å²) in [6, 6.07) is 2.12. The molecule has 0 aliphatic heterocycles. The molecule has 0 aromatic carbocycles. The molecule has 1 atom stereocenters. The SMILES string of the molecule is CCc1cc(C(=O)N[C@@H](C)c2cnc(N(C)C3CCCCC3)nc2C)n[nH]1. The predicted octanol–water partition coefficient (Wildman–Crippen LogP) is 3.33. The van der Waals surface area contributed by atoms with Crippen LogP contribution >= 0.6 is 0 Å². The normalized spacial score (nSPS) is 16.1. The lowest BCUT2D eigenvalue weighted by atomic mass is 9.95. The van der Waals surface area contributed by atoms with Crippen molar-refractivity contribution in [3.8, 4) is 0 Å². The smallest absolute Gasteiger partial charge is 0.272 e. The first-order valence-electron chi connectivity index (χ1n) is 9.91. The first-order chi connectivity index (χ1) is 13.0. The van der Waals surface area contributed by atoms with Crippen molar-refractivity contribution in [3.63, 3.8) is 0 Å². The van der Waals surface area contributed by atoms with E-state index in [2.05, 4.69) is 32.4 Å². The second-order valence-electron chi connectivity index (χ2n) is 7.44. The number of nitrogens with one attached hydrogen (secondary N) is 2. The third kappa shape index (κ3) is 4.46. The third-order valence-electron chi connectivity index (χ3n) is 5.50.